The minimum absolute atomic E-state index is 0.0499. The van der Waals surface area contributed by atoms with Gasteiger partial charge in [0.1, 0.15) is 5.36 Å². The fraction of sp³-hybridized carbons (Fsp3) is 0.0833. The molecule has 0 amide bonds. The first-order valence-corrected chi connectivity index (χ1v) is 5.28. The molecule has 1 aromatic carbocycles. The number of rotatable bonds is 2. The molecule has 1 heterocycles. The van der Waals surface area contributed by atoms with E-state index >= 15 is 0 Å². The summed E-state index contributed by atoms with van der Waals surface area (Å²) in [4.78, 5) is 11.8. The topological polar surface area (TPSA) is 72.9 Å². The zero-order valence-corrected chi connectivity index (χ0v) is 9.76. The largest absolute Gasteiger partial charge is 0.361 e. The Kier molecular flexibility index (Phi) is 3.38. The van der Waals surface area contributed by atoms with Gasteiger partial charge >= 0.3 is 0 Å². The van der Waals surface area contributed by atoms with Crippen LogP contribution in [0.25, 0.3) is 11.2 Å². The van der Waals surface area contributed by atoms with E-state index in [2.05, 4.69) is 10.3 Å². The third kappa shape index (κ3) is 2.37. The molecule has 6 heteroatoms. The van der Waals surface area contributed by atoms with E-state index in [-0.39, 0.29) is 10.9 Å². The predicted octanol–water partition coefficient (Wildman–Crippen LogP) is 0.499. The third-order valence-electron chi connectivity index (χ3n) is 2.46. The summed E-state index contributed by atoms with van der Waals surface area (Å²) in [5.74, 6) is 0. The van der Waals surface area contributed by atoms with Gasteiger partial charge in [0.15, 0.2) is 12.4 Å². The van der Waals surface area contributed by atoms with Gasteiger partial charge in [-0.15, -0.1) is 0 Å². The molecule has 90 valence electrons. The average molecular weight is 241 g/mol. The number of nitrogens with zero attached hydrogens (tertiary/aromatic N) is 5. The second kappa shape index (κ2) is 5.13. The molecule has 2 rings (SSSR count). The molecule has 0 aliphatic heterocycles. The molecule has 0 N–H and O–H groups in total. The van der Waals surface area contributed by atoms with E-state index in [1.165, 1.54) is 10.8 Å². The summed E-state index contributed by atoms with van der Waals surface area (Å²) in [7, 11) is 1.61. The molecule has 1 aromatic heterocycles. The Balaban J connectivity index is 2.77. The van der Waals surface area contributed by atoms with Crippen LogP contribution in [0.1, 0.15) is 0 Å². The van der Waals surface area contributed by atoms with Crippen LogP contribution in [0, 0.1) is 0 Å². The van der Waals surface area contributed by atoms with Gasteiger partial charge in [0, 0.05) is 19.2 Å². The van der Waals surface area contributed by atoms with Crippen molar-refractivity contribution in [3.63, 3.8) is 0 Å². The zero-order valence-electron chi connectivity index (χ0n) is 9.76. The molecule has 0 spiro atoms. The average Bonchev–Trinajstić information content (AvgIpc) is 2.54. The summed E-state index contributed by atoms with van der Waals surface area (Å²) >= 11 is 0. The number of para-hydroxylation sites is 1. The van der Waals surface area contributed by atoms with Gasteiger partial charge < -0.3 is 15.2 Å². The highest BCUT2D eigenvalue weighted by atomic mass is 16.1. The Morgan fingerprint density at radius 1 is 1.28 bits per heavy atom. The van der Waals surface area contributed by atoms with Crippen molar-refractivity contribution in [2.45, 2.75) is 0 Å². The van der Waals surface area contributed by atoms with Crippen LogP contribution in [0.4, 0.5) is 0 Å². The molecule has 0 bridgehead atoms. The monoisotopic (exact) mass is 241 g/mol. The van der Waals surface area contributed by atoms with Gasteiger partial charge in [-0.3, -0.25) is 10.0 Å². The summed E-state index contributed by atoms with van der Waals surface area (Å²) in [5, 5.41) is 6.14. The molecule has 0 fully saturated rings. The summed E-state index contributed by atoms with van der Waals surface area (Å²) in [6, 6.07) is 9.47. The van der Waals surface area contributed by atoms with Crippen molar-refractivity contribution in [2.24, 2.45) is 17.4 Å². The number of aromatic nitrogens is 2. The van der Waals surface area contributed by atoms with E-state index in [0.29, 0.717) is 0 Å². The molecule has 0 aliphatic rings. The van der Waals surface area contributed by atoms with Crippen molar-refractivity contribution in [2.75, 3.05) is 0 Å². The fourth-order valence-corrected chi connectivity index (χ4v) is 1.53. The van der Waals surface area contributed by atoms with Crippen molar-refractivity contribution in [3.8, 4) is 5.69 Å². The minimum Gasteiger partial charge on any atom is -0.361 e. The van der Waals surface area contributed by atoms with E-state index in [9.17, 15) is 4.79 Å². The first kappa shape index (κ1) is 11.8. The van der Waals surface area contributed by atoms with Crippen LogP contribution in [0.3, 0.4) is 0 Å². The zero-order chi connectivity index (χ0) is 13.0. The molecule has 0 aliphatic carbocycles. The normalized spacial score (nSPS) is 11.3. The van der Waals surface area contributed by atoms with Gasteiger partial charge in [0.2, 0.25) is 5.69 Å². The van der Waals surface area contributed by atoms with Crippen LogP contribution < -0.4 is 15.5 Å². The maximum atomic E-state index is 11.8. The Hall–Kier alpha value is -2.63. The lowest BCUT2D eigenvalue weighted by Gasteiger charge is -1.91. The highest BCUT2D eigenvalue weighted by Gasteiger charge is 2.03. The Morgan fingerprint density at radius 2 is 2.00 bits per heavy atom. The first-order chi connectivity index (χ1) is 8.72. The SMILES string of the molecule is Cn1cc[n+](-c2ccccc2)cc(=NN=[N-])c1=O. The quantitative estimate of drug-likeness (QED) is 0.428. The van der Waals surface area contributed by atoms with Gasteiger partial charge in [-0.05, 0) is 0 Å². The second-order valence-electron chi connectivity index (χ2n) is 3.66. The van der Waals surface area contributed by atoms with Crippen molar-refractivity contribution in [1.29, 1.82) is 0 Å². The fourth-order valence-electron chi connectivity index (χ4n) is 1.53. The predicted molar refractivity (Wildman–Crippen MR) is 64.6 cm³/mol. The maximum absolute atomic E-state index is 11.8. The lowest BCUT2D eigenvalue weighted by Crippen LogP contribution is -2.36. The van der Waals surface area contributed by atoms with Gasteiger partial charge in [-0.1, -0.05) is 18.2 Å². The highest BCUT2D eigenvalue weighted by molar-refractivity contribution is 5.20. The van der Waals surface area contributed by atoms with E-state index in [0.717, 1.165) is 5.69 Å². The van der Waals surface area contributed by atoms with E-state index in [1.807, 2.05) is 30.3 Å². The van der Waals surface area contributed by atoms with Crippen LogP contribution in [0.2, 0.25) is 0 Å². The van der Waals surface area contributed by atoms with Crippen molar-refractivity contribution in [1.82, 2.24) is 4.57 Å². The van der Waals surface area contributed by atoms with Crippen molar-refractivity contribution < 1.29 is 4.57 Å². The van der Waals surface area contributed by atoms with Crippen LogP contribution in [-0.2, 0) is 7.05 Å². The molecule has 18 heavy (non-hydrogen) atoms. The molecule has 0 unspecified atom stereocenters. The third-order valence-corrected chi connectivity index (χ3v) is 2.46. The van der Waals surface area contributed by atoms with Crippen LogP contribution in [-0.4, -0.2) is 4.57 Å². The number of hydrogen-bond acceptors (Lipinski definition) is 2. The van der Waals surface area contributed by atoms with Crippen molar-refractivity contribution in [3.05, 3.63) is 70.2 Å². The maximum Gasteiger partial charge on any atom is 0.261 e. The highest BCUT2D eigenvalue weighted by Crippen LogP contribution is 1.95. The molecule has 2 aromatic rings. The van der Waals surface area contributed by atoms with Gasteiger partial charge in [-0.25, -0.2) is 0 Å². The lowest BCUT2D eigenvalue weighted by atomic mass is 10.3. The Bertz CT molecular complexity index is 691. The number of aryl methyl sites for hydroxylation is 1. The van der Waals surface area contributed by atoms with E-state index in [4.69, 9.17) is 5.53 Å². The molecule has 0 saturated carbocycles. The molecule has 6 nitrogen and oxygen atoms in total. The standard InChI is InChI=1S/C12H11N5O/c1-16-7-8-17(10-5-3-2-4-6-10)9-11(12(16)18)14-15-13/h2-9H,1H3. The lowest BCUT2D eigenvalue weighted by molar-refractivity contribution is -0.596. The Morgan fingerprint density at radius 3 is 2.67 bits per heavy atom. The number of benzene rings is 1. The smallest absolute Gasteiger partial charge is 0.261 e. The molecular weight excluding hydrogens is 230 g/mol. The molecule has 0 saturated heterocycles. The Labute approximate surface area is 103 Å². The first-order valence-electron chi connectivity index (χ1n) is 5.28. The van der Waals surface area contributed by atoms with Crippen LogP contribution in [0.15, 0.2) is 64.0 Å². The van der Waals surface area contributed by atoms with Crippen molar-refractivity contribution >= 4 is 0 Å². The molecular formula is C12H11N5O. The molecule has 0 radical (unpaired) electrons. The van der Waals surface area contributed by atoms with E-state index in [1.54, 1.807) is 24.0 Å². The molecule has 0 atom stereocenters. The number of hydrogen-bond donors (Lipinski definition) is 0. The summed E-state index contributed by atoms with van der Waals surface area (Å²) < 4.78 is 3.09. The van der Waals surface area contributed by atoms with Gasteiger partial charge in [0.25, 0.3) is 5.56 Å². The summed E-state index contributed by atoms with van der Waals surface area (Å²) in [6.45, 7) is 0. The van der Waals surface area contributed by atoms with E-state index < -0.39 is 0 Å². The minimum atomic E-state index is -0.345. The van der Waals surface area contributed by atoms with Crippen LogP contribution in [0.5, 0.6) is 0 Å². The van der Waals surface area contributed by atoms with Gasteiger partial charge in [0.05, 0.1) is 6.20 Å². The van der Waals surface area contributed by atoms with Gasteiger partial charge in [-0.2, -0.15) is 4.57 Å². The second-order valence-corrected chi connectivity index (χ2v) is 3.66. The summed E-state index contributed by atoms with van der Waals surface area (Å²) in [5.41, 5.74) is 9.01. The van der Waals surface area contributed by atoms with Crippen LogP contribution >= 0.6 is 0 Å². The summed E-state index contributed by atoms with van der Waals surface area (Å²) in [6.07, 6.45) is 4.86.